The third-order valence-corrected chi connectivity index (χ3v) is 4.92. The predicted molar refractivity (Wildman–Crippen MR) is 106 cm³/mol. The molecule has 4 rings (SSSR count). The number of aromatic nitrogens is 4. The highest BCUT2D eigenvalue weighted by Crippen LogP contribution is 2.16. The van der Waals surface area contributed by atoms with Crippen molar-refractivity contribution in [2.45, 2.75) is 26.2 Å². The van der Waals surface area contributed by atoms with Crippen LogP contribution in [0, 0.1) is 0 Å². The van der Waals surface area contributed by atoms with Gasteiger partial charge in [-0.1, -0.05) is 18.2 Å². The van der Waals surface area contributed by atoms with E-state index in [1.807, 2.05) is 6.07 Å². The lowest BCUT2D eigenvalue weighted by Crippen LogP contribution is -2.38. The van der Waals surface area contributed by atoms with Crippen LogP contribution in [0.5, 0.6) is 0 Å². The van der Waals surface area contributed by atoms with E-state index in [4.69, 9.17) is 0 Å². The molecule has 2 aromatic heterocycles. The quantitative estimate of drug-likeness (QED) is 0.625. The molecule has 0 saturated carbocycles. The molecule has 0 spiro atoms. The van der Waals surface area contributed by atoms with Crippen LogP contribution in [0.3, 0.4) is 0 Å². The van der Waals surface area contributed by atoms with E-state index in [1.165, 1.54) is 33.6 Å². The summed E-state index contributed by atoms with van der Waals surface area (Å²) in [6.45, 7) is 2.10. The highest BCUT2D eigenvalue weighted by molar-refractivity contribution is 5.85. The first-order valence-electron chi connectivity index (χ1n) is 8.64. The van der Waals surface area contributed by atoms with Crippen LogP contribution in [0.2, 0.25) is 0 Å². The van der Waals surface area contributed by atoms with Gasteiger partial charge in [-0.2, -0.15) is 0 Å². The lowest BCUT2D eigenvalue weighted by molar-refractivity contribution is -0.121. The van der Waals surface area contributed by atoms with Gasteiger partial charge in [-0.3, -0.25) is 18.7 Å². The minimum Gasteiger partial charge on any atom is -0.350 e. The van der Waals surface area contributed by atoms with Crippen LogP contribution in [-0.2, 0) is 45.1 Å². The van der Waals surface area contributed by atoms with Gasteiger partial charge in [0, 0.05) is 33.7 Å². The second-order valence-electron chi connectivity index (χ2n) is 6.73. The number of carbonyl (C=O) groups is 1. The van der Waals surface area contributed by atoms with Crippen molar-refractivity contribution in [3.63, 3.8) is 0 Å². The van der Waals surface area contributed by atoms with E-state index >= 15 is 0 Å². The Hall–Kier alpha value is -2.91. The first kappa shape index (κ1) is 19.8. The molecular weight excluding hydrogens is 384 g/mol. The average molecular weight is 405 g/mol. The lowest BCUT2D eigenvalue weighted by Gasteiger charge is -2.09. The first-order chi connectivity index (χ1) is 13.0. The molecule has 28 heavy (non-hydrogen) atoms. The Morgan fingerprint density at radius 1 is 1.18 bits per heavy atom. The number of hydrogen-bond acceptors (Lipinski definition) is 5. The van der Waals surface area contributed by atoms with E-state index in [9.17, 15) is 14.4 Å². The monoisotopic (exact) mass is 404 g/mol. The van der Waals surface area contributed by atoms with Crippen molar-refractivity contribution in [3.05, 3.63) is 62.1 Å². The van der Waals surface area contributed by atoms with Crippen molar-refractivity contribution in [2.75, 3.05) is 0 Å². The predicted octanol–water partition coefficient (Wildman–Crippen LogP) is -0.225. The summed E-state index contributed by atoms with van der Waals surface area (Å²) in [6.07, 6.45) is 1.41. The zero-order chi connectivity index (χ0) is 19.1. The number of fused-ring (bicyclic) bond motifs is 2. The van der Waals surface area contributed by atoms with E-state index in [2.05, 4.69) is 27.8 Å². The zero-order valence-electron chi connectivity index (χ0n) is 15.6. The fourth-order valence-corrected chi connectivity index (χ4v) is 3.39. The summed E-state index contributed by atoms with van der Waals surface area (Å²) in [5.41, 5.74) is 3.15. The number of aryl methyl sites for hydroxylation is 1. The Labute approximate surface area is 166 Å². The van der Waals surface area contributed by atoms with Gasteiger partial charge in [-0.05, 0) is 16.7 Å². The van der Waals surface area contributed by atoms with Crippen LogP contribution < -0.4 is 21.9 Å². The number of carbonyl (C=O) groups excluding carboxylic acids is 1. The molecule has 0 saturated heterocycles. The van der Waals surface area contributed by atoms with Crippen molar-refractivity contribution in [2.24, 2.45) is 14.1 Å². The maximum atomic E-state index is 12.4. The summed E-state index contributed by atoms with van der Waals surface area (Å²) < 4.78 is 3.78. The normalized spacial score (nSPS) is 12.6. The maximum absolute atomic E-state index is 12.4. The Morgan fingerprint density at radius 2 is 1.93 bits per heavy atom. The van der Waals surface area contributed by atoms with Gasteiger partial charge in [0.2, 0.25) is 5.91 Å². The minimum atomic E-state index is -0.468. The molecule has 3 heterocycles. The standard InChI is InChI=1S/C18H20N6O3.ClH/c1-22-16-15(17(26)23(2)18(22)27)24(10-21-16)9-14(25)20-6-11-3-4-12-7-19-8-13(12)5-11;/h3-5,10,19H,6-9H2,1-2H3,(H,20,25);1H. The molecule has 1 aliphatic heterocycles. The van der Waals surface area contributed by atoms with Crippen molar-refractivity contribution in [3.8, 4) is 0 Å². The molecule has 0 aliphatic carbocycles. The van der Waals surface area contributed by atoms with E-state index < -0.39 is 11.2 Å². The Bertz CT molecular complexity index is 1180. The second-order valence-corrected chi connectivity index (χ2v) is 6.73. The molecule has 1 aromatic carbocycles. The molecule has 148 valence electrons. The van der Waals surface area contributed by atoms with Gasteiger partial charge in [-0.25, -0.2) is 9.78 Å². The smallest absolute Gasteiger partial charge is 0.332 e. The van der Waals surface area contributed by atoms with Crippen molar-refractivity contribution in [1.82, 2.24) is 29.3 Å². The maximum Gasteiger partial charge on any atom is 0.332 e. The molecule has 10 heteroatoms. The summed E-state index contributed by atoms with van der Waals surface area (Å²) in [6, 6.07) is 6.17. The molecule has 9 nitrogen and oxygen atoms in total. The number of imidazole rings is 1. The molecule has 0 atom stereocenters. The molecule has 0 fully saturated rings. The van der Waals surface area contributed by atoms with Gasteiger partial charge in [0.1, 0.15) is 6.54 Å². The van der Waals surface area contributed by atoms with Gasteiger partial charge in [0.25, 0.3) is 5.56 Å². The first-order valence-corrected chi connectivity index (χ1v) is 8.64. The Morgan fingerprint density at radius 3 is 2.71 bits per heavy atom. The highest BCUT2D eigenvalue weighted by atomic mass is 35.5. The number of amides is 1. The minimum absolute atomic E-state index is 0. The SMILES string of the molecule is Cl.Cn1c(=O)c2c(ncn2CC(=O)NCc2ccc3c(c2)CNC3)n(C)c1=O. The van der Waals surface area contributed by atoms with Gasteiger partial charge in [0.05, 0.1) is 6.33 Å². The van der Waals surface area contributed by atoms with E-state index in [1.54, 1.807) is 7.05 Å². The fourth-order valence-electron chi connectivity index (χ4n) is 3.39. The van der Waals surface area contributed by atoms with E-state index in [0.717, 1.165) is 23.2 Å². The van der Waals surface area contributed by atoms with Crippen LogP contribution >= 0.6 is 12.4 Å². The number of nitrogens with zero attached hydrogens (tertiary/aromatic N) is 4. The Kier molecular flexibility index (Phi) is 5.39. The summed E-state index contributed by atoms with van der Waals surface area (Å²) in [7, 11) is 2.95. The van der Waals surface area contributed by atoms with Crippen LogP contribution in [-0.4, -0.2) is 24.6 Å². The van der Waals surface area contributed by atoms with Crippen molar-refractivity contribution < 1.29 is 4.79 Å². The number of nitrogens with one attached hydrogen (secondary N) is 2. The van der Waals surface area contributed by atoms with Gasteiger partial charge in [-0.15, -0.1) is 12.4 Å². The van der Waals surface area contributed by atoms with Crippen LogP contribution in [0.15, 0.2) is 34.1 Å². The number of rotatable bonds is 4. The molecular formula is C18H21ClN6O3. The summed E-state index contributed by atoms with van der Waals surface area (Å²) in [5.74, 6) is -0.233. The lowest BCUT2D eigenvalue weighted by atomic mass is 10.1. The van der Waals surface area contributed by atoms with Gasteiger partial charge in [0.15, 0.2) is 11.2 Å². The molecule has 1 amide bonds. The Balaban J connectivity index is 0.00000225. The zero-order valence-corrected chi connectivity index (χ0v) is 16.4. The fraction of sp³-hybridized carbons (Fsp3) is 0.333. The largest absolute Gasteiger partial charge is 0.350 e. The summed E-state index contributed by atoms with van der Waals surface area (Å²) >= 11 is 0. The number of hydrogen-bond donors (Lipinski definition) is 2. The molecule has 3 aromatic rings. The average Bonchev–Trinajstić information content (AvgIpc) is 3.29. The number of halogens is 1. The van der Waals surface area contributed by atoms with Gasteiger partial charge >= 0.3 is 5.69 Å². The van der Waals surface area contributed by atoms with E-state index in [-0.39, 0.29) is 36.0 Å². The summed E-state index contributed by atoms with van der Waals surface area (Å²) in [4.78, 5) is 40.8. The van der Waals surface area contributed by atoms with Crippen LogP contribution in [0.25, 0.3) is 11.2 Å². The van der Waals surface area contributed by atoms with Crippen LogP contribution in [0.1, 0.15) is 16.7 Å². The van der Waals surface area contributed by atoms with Gasteiger partial charge < -0.3 is 15.2 Å². The number of benzene rings is 1. The van der Waals surface area contributed by atoms with Crippen LogP contribution in [0.4, 0.5) is 0 Å². The third-order valence-electron chi connectivity index (χ3n) is 4.92. The van der Waals surface area contributed by atoms with E-state index in [0.29, 0.717) is 6.54 Å². The molecule has 1 aliphatic rings. The molecule has 0 radical (unpaired) electrons. The summed E-state index contributed by atoms with van der Waals surface area (Å²) in [5, 5.41) is 6.16. The topological polar surface area (TPSA) is 103 Å². The third kappa shape index (κ3) is 3.34. The van der Waals surface area contributed by atoms with Crippen molar-refractivity contribution >= 4 is 29.5 Å². The highest BCUT2D eigenvalue weighted by Gasteiger charge is 2.16. The molecule has 0 unspecified atom stereocenters. The molecule has 2 N–H and O–H groups in total. The molecule has 0 bridgehead atoms. The second kappa shape index (κ2) is 7.61. The van der Waals surface area contributed by atoms with Crippen molar-refractivity contribution in [1.29, 1.82) is 0 Å².